The molecular weight excluding hydrogens is 352 g/mol. The zero-order valence-electron chi connectivity index (χ0n) is 15.5. The minimum Gasteiger partial charge on any atom is -0.326 e. The van der Waals surface area contributed by atoms with Gasteiger partial charge < -0.3 is 4.57 Å². The Labute approximate surface area is 161 Å². The second-order valence-corrected chi connectivity index (χ2v) is 7.25. The largest absolute Gasteiger partial charge is 0.331 e. The maximum atomic E-state index is 13.2. The summed E-state index contributed by atoms with van der Waals surface area (Å²) in [5.41, 5.74) is 3.51. The van der Waals surface area contributed by atoms with Gasteiger partial charge in [-0.25, -0.2) is 14.8 Å². The molecule has 140 valence electrons. The van der Waals surface area contributed by atoms with Crippen LogP contribution in [0.5, 0.6) is 0 Å². The number of fused-ring (bicyclic) bond motifs is 2. The fourth-order valence-electron chi connectivity index (χ4n) is 3.89. The van der Waals surface area contributed by atoms with E-state index in [1.807, 2.05) is 41.0 Å². The Morgan fingerprint density at radius 1 is 1.11 bits per heavy atom. The number of benzene rings is 1. The highest BCUT2D eigenvalue weighted by atomic mass is 16.2. The number of para-hydroxylation sites is 2. The van der Waals surface area contributed by atoms with Gasteiger partial charge in [-0.3, -0.25) is 9.13 Å². The first-order valence-corrected chi connectivity index (χ1v) is 9.65. The van der Waals surface area contributed by atoms with Gasteiger partial charge in [-0.1, -0.05) is 12.1 Å². The first-order valence-electron chi connectivity index (χ1n) is 9.65. The van der Waals surface area contributed by atoms with Gasteiger partial charge in [0.15, 0.2) is 5.65 Å². The smallest absolute Gasteiger partial charge is 0.326 e. The van der Waals surface area contributed by atoms with Crippen LogP contribution in [-0.2, 0) is 13.1 Å². The topological polar surface area (TPSA) is 81.4 Å². The summed E-state index contributed by atoms with van der Waals surface area (Å²) >= 11 is 0. The molecule has 1 aliphatic carbocycles. The fourth-order valence-corrected chi connectivity index (χ4v) is 3.89. The Morgan fingerprint density at radius 3 is 2.75 bits per heavy atom. The van der Waals surface area contributed by atoms with Gasteiger partial charge in [-0.05, 0) is 43.5 Å². The summed E-state index contributed by atoms with van der Waals surface area (Å²) < 4.78 is 5.74. The van der Waals surface area contributed by atoms with Gasteiger partial charge in [0.25, 0.3) is 0 Å². The van der Waals surface area contributed by atoms with Crippen LogP contribution in [0.15, 0.2) is 47.4 Å². The van der Waals surface area contributed by atoms with E-state index in [0.29, 0.717) is 25.2 Å². The first-order chi connectivity index (χ1) is 13.8. The molecule has 3 aromatic heterocycles. The standard InChI is InChI=1S/C21H20N6O/c22-11-3-4-13-25-17-7-2-1-6-16(17)24-19(25)14-26-20-18(8-5-12-23-20)27(21(26)28)15-9-10-15/h1-2,5-8,12,15H,3-4,9-10,13-14H2. The summed E-state index contributed by atoms with van der Waals surface area (Å²) in [6, 6.07) is 14.3. The molecule has 0 spiro atoms. The van der Waals surface area contributed by atoms with Crippen molar-refractivity contribution in [2.24, 2.45) is 0 Å². The lowest BCUT2D eigenvalue weighted by Crippen LogP contribution is -2.25. The van der Waals surface area contributed by atoms with Crippen molar-refractivity contribution in [1.29, 1.82) is 5.26 Å². The Bertz CT molecular complexity index is 1270. The van der Waals surface area contributed by atoms with Gasteiger partial charge in [0.2, 0.25) is 0 Å². The van der Waals surface area contributed by atoms with Crippen LogP contribution in [-0.4, -0.2) is 23.7 Å². The summed E-state index contributed by atoms with van der Waals surface area (Å²) in [5, 5.41) is 8.90. The van der Waals surface area contributed by atoms with Crippen molar-refractivity contribution < 1.29 is 0 Å². The van der Waals surface area contributed by atoms with Crippen molar-refractivity contribution >= 4 is 22.2 Å². The van der Waals surface area contributed by atoms with Crippen molar-refractivity contribution in [3.63, 3.8) is 0 Å². The van der Waals surface area contributed by atoms with Gasteiger partial charge in [0.05, 0.1) is 29.2 Å². The van der Waals surface area contributed by atoms with Crippen molar-refractivity contribution in [2.45, 2.75) is 44.8 Å². The number of hydrogen-bond acceptors (Lipinski definition) is 4. The molecule has 1 fully saturated rings. The maximum absolute atomic E-state index is 13.2. The van der Waals surface area contributed by atoms with Crippen LogP contribution < -0.4 is 5.69 Å². The summed E-state index contributed by atoms with van der Waals surface area (Å²) in [6.45, 7) is 1.07. The molecular formula is C21H20N6O. The number of unbranched alkanes of at least 4 members (excludes halogenated alkanes) is 1. The average molecular weight is 372 g/mol. The van der Waals surface area contributed by atoms with Crippen LogP contribution in [0, 0.1) is 11.3 Å². The number of hydrogen-bond donors (Lipinski definition) is 0. The monoisotopic (exact) mass is 372 g/mol. The van der Waals surface area contributed by atoms with E-state index in [0.717, 1.165) is 41.6 Å². The zero-order chi connectivity index (χ0) is 19.1. The lowest BCUT2D eigenvalue weighted by atomic mass is 10.3. The molecule has 0 N–H and O–H groups in total. The van der Waals surface area contributed by atoms with Gasteiger partial charge in [0, 0.05) is 25.2 Å². The summed E-state index contributed by atoms with van der Waals surface area (Å²) in [4.78, 5) is 22.4. The van der Waals surface area contributed by atoms with E-state index >= 15 is 0 Å². The van der Waals surface area contributed by atoms with E-state index in [2.05, 4.69) is 15.6 Å². The van der Waals surface area contributed by atoms with E-state index in [4.69, 9.17) is 10.2 Å². The van der Waals surface area contributed by atoms with Crippen LogP contribution in [0.2, 0.25) is 0 Å². The number of imidazole rings is 2. The molecule has 3 heterocycles. The molecule has 1 saturated carbocycles. The van der Waals surface area contributed by atoms with E-state index in [1.54, 1.807) is 10.8 Å². The molecule has 28 heavy (non-hydrogen) atoms. The van der Waals surface area contributed by atoms with E-state index in [-0.39, 0.29) is 11.7 Å². The third-order valence-electron chi connectivity index (χ3n) is 5.33. The van der Waals surface area contributed by atoms with E-state index < -0.39 is 0 Å². The predicted molar refractivity (Wildman–Crippen MR) is 106 cm³/mol. The van der Waals surface area contributed by atoms with Crippen molar-refractivity contribution in [2.75, 3.05) is 0 Å². The molecule has 0 amide bonds. The molecule has 7 nitrogen and oxygen atoms in total. The Balaban J connectivity index is 1.63. The lowest BCUT2D eigenvalue weighted by molar-refractivity contribution is 0.596. The molecule has 0 radical (unpaired) electrons. The molecule has 5 rings (SSSR count). The van der Waals surface area contributed by atoms with Crippen LogP contribution >= 0.6 is 0 Å². The van der Waals surface area contributed by atoms with Crippen LogP contribution in [0.1, 0.15) is 37.5 Å². The number of rotatable bonds is 6. The molecule has 7 heteroatoms. The predicted octanol–water partition coefficient (Wildman–Crippen LogP) is 3.23. The second kappa shape index (κ2) is 6.64. The molecule has 1 aliphatic rings. The summed E-state index contributed by atoms with van der Waals surface area (Å²) in [7, 11) is 0. The molecule has 0 aliphatic heterocycles. The number of aryl methyl sites for hydroxylation is 1. The highest BCUT2D eigenvalue weighted by molar-refractivity contribution is 5.76. The Kier molecular flexibility index (Phi) is 3.97. The van der Waals surface area contributed by atoms with Crippen LogP contribution in [0.4, 0.5) is 0 Å². The van der Waals surface area contributed by atoms with Crippen LogP contribution in [0.3, 0.4) is 0 Å². The van der Waals surface area contributed by atoms with Crippen molar-refractivity contribution in [3.8, 4) is 6.07 Å². The molecule has 1 aromatic carbocycles. The molecule has 0 saturated heterocycles. The highest BCUT2D eigenvalue weighted by Crippen LogP contribution is 2.35. The minimum atomic E-state index is -0.0215. The third kappa shape index (κ3) is 2.69. The van der Waals surface area contributed by atoms with Gasteiger partial charge in [-0.2, -0.15) is 5.26 Å². The molecule has 0 unspecified atom stereocenters. The first kappa shape index (κ1) is 16.8. The normalized spacial score (nSPS) is 14.0. The Morgan fingerprint density at radius 2 is 1.93 bits per heavy atom. The third-order valence-corrected chi connectivity index (χ3v) is 5.33. The second-order valence-electron chi connectivity index (χ2n) is 7.25. The average Bonchev–Trinajstić information content (AvgIpc) is 3.43. The minimum absolute atomic E-state index is 0.0215. The van der Waals surface area contributed by atoms with Crippen LogP contribution in [0.25, 0.3) is 22.2 Å². The van der Waals surface area contributed by atoms with Crippen molar-refractivity contribution in [1.82, 2.24) is 23.7 Å². The number of nitriles is 1. The molecule has 0 atom stereocenters. The van der Waals surface area contributed by atoms with Gasteiger partial charge in [-0.15, -0.1) is 0 Å². The molecule has 0 bridgehead atoms. The molecule has 4 aromatic rings. The van der Waals surface area contributed by atoms with E-state index in [1.165, 1.54) is 0 Å². The summed E-state index contributed by atoms with van der Waals surface area (Å²) in [5.74, 6) is 0.821. The fraction of sp³-hybridized carbons (Fsp3) is 0.333. The number of aromatic nitrogens is 5. The lowest BCUT2D eigenvalue weighted by Gasteiger charge is -2.09. The maximum Gasteiger partial charge on any atom is 0.331 e. The Hall–Kier alpha value is -3.40. The number of nitrogens with zero attached hydrogens (tertiary/aromatic N) is 6. The number of pyridine rings is 1. The summed E-state index contributed by atoms with van der Waals surface area (Å²) in [6.07, 6.45) is 5.06. The van der Waals surface area contributed by atoms with E-state index in [9.17, 15) is 4.79 Å². The van der Waals surface area contributed by atoms with Gasteiger partial charge in [0.1, 0.15) is 5.82 Å². The zero-order valence-corrected chi connectivity index (χ0v) is 15.5. The van der Waals surface area contributed by atoms with Gasteiger partial charge >= 0.3 is 5.69 Å². The quantitative estimate of drug-likeness (QED) is 0.487. The highest BCUT2D eigenvalue weighted by Gasteiger charge is 2.29. The SMILES string of the molecule is N#CCCCn1c(Cn2c(=O)n(C3CC3)c3cccnc32)nc2ccccc21. The van der Waals surface area contributed by atoms with Crippen molar-refractivity contribution in [3.05, 3.63) is 58.9 Å².